The zero-order valence-corrected chi connectivity index (χ0v) is 14.2. The van der Waals surface area contributed by atoms with Crippen molar-refractivity contribution >= 4 is 0 Å². The minimum absolute atomic E-state index is 0.125. The summed E-state index contributed by atoms with van der Waals surface area (Å²) in [5.74, 6) is 1.91. The Hall–Kier alpha value is -2.59. The summed E-state index contributed by atoms with van der Waals surface area (Å²) in [7, 11) is 1.69. The van der Waals surface area contributed by atoms with Crippen LogP contribution in [-0.4, -0.2) is 16.7 Å². The molecule has 1 aromatic carbocycles. The lowest BCUT2D eigenvalue weighted by molar-refractivity contribution is 0.414. The monoisotopic (exact) mass is 319 g/mol. The summed E-state index contributed by atoms with van der Waals surface area (Å²) in [6.45, 7) is 5.01. The minimum Gasteiger partial charge on any atom is -0.497 e. The van der Waals surface area contributed by atoms with Gasteiger partial charge in [-0.05, 0) is 55.3 Å². The van der Waals surface area contributed by atoms with Gasteiger partial charge in [0.2, 0.25) is 0 Å². The van der Waals surface area contributed by atoms with Crippen LogP contribution in [0, 0.1) is 13.8 Å². The first-order valence-electron chi connectivity index (χ1n) is 8.19. The fourth-order valence-corrected chi connectivity index (χ4v) is 3.48. The quantitative estimate of drug-likeness (QED) is 0.783. The van der Waals surface area contributed by atoms with E-state index in [0.29, 0.717) is 0 Å². The number of methoxy groups -OCH3 is 1. The number of nitrogens with zero attached hydrogens (tertiary/aromatic N) is 2. The van der Waals surface area contributed by atoms with Crippen LogP contribution >= 0.6 is 0 Å². The molecule has 0 saturated heterocycles. The molecule has 1 aliphatic rings. The molecule has 3 aromatic rings. The Morgan fingerprint density at radius 1 is 1.17 bits per heavy atom. The van der Waals surface area contributed by atoms with Crippen molar-refractivity contribution in [2.75, 3.05) is 7.11 Å². The van der Waals surface area contributed by atoms with Crippen molar-refractivity contribution in [1.29, 1.82) is 0 Å². The van der Waals surface area contributed by atoms with Crippen LogP contribution in [0.4, 0.5) is 0 Å². The predicted octanol–water partition coefficient (Wildman–Crippen LogP) is 3.69. The van der Waals surface area contributed by atoms with Crippen molar-refractivity contribution in [3.05, 3.63) is 76.7 Å². The molecular weight excluding hydrogens is 298 g/mol. The Labute approximate surface area is 142 Å². The van der Waals surface area contributed by atoms with Crippen molar-refractivity contribution in [2.24, 2.45) is 0 Å². The van der Waals surface area contributed by atoms with E-state index in [0.717, 1.165) is 23.8 Å². The lowest BCUT2D eigenvalue weighted by atomic mass is 10.0. The number of fused-ring (bicyclic) bond motifs is 3. The fourth-order valence-electron chi connectivity index (χ4n) is 3.48. The Bertz CT molecular complexity index is 880. The Morgan fingerprint density at radius 3 is 2.71 bits per heavy atom. The van der Waals surface area contributed by atoms with Crippen LogP contribution in [0.3, 0.4) is 0 Å². The second-order valence-electron chi connectivity index (χ2n) is 6.27. The van der Waals surface area contributed by atoms with Gasteiger partial charge in [-0.15, -0.1) is 0 Å². The van der Waals surface area contributed by atoms with Crippen LogP contribution in [0.15, 0.2) is 48.7 Å². The molecule has 1 aliphatic heterocycles. The van der Waals surface area contributed by atoms with Crippen LogP contribution in [0.1, 0.15) is 34.1 Å². The molecule has 0 bridgehead atoms. The third-order valence-corrected chi connectivity index (χ3v) is 4.69. The standard InChI is InChI=1S/C20H21N3O/c1-13-11-14(2)22-20-17(13)12-21-19(18-5-4-10-23(18)20)15-6-8-16(24-3)9-7-15/h4-11,19,21H,12H2,1-3H3/t19-/m1/s1. The smallest absolute Gasteiger partial charge is 0.141 e. The highest BCUT2D eigenvalue weighted by Gasteiger charge is 2.24. The van der Waals surface area contributed by atoms with Crippen LogP contribution in [-0.2, 0) is 6.54 Å². The molecule has 4 rings (SSSR count). The van der Waals surface area contributed by atoms with Crippen LogP contribution in [0.2, 0.25) is 0 Å². The molecule has 1 N–H and O–H groups in total. The van der Waals surface area contributed by atoms with Crippen LogP contribution in [0.5, 0.6) is 5.75 Å². The van der Waals surface area contributed by atoms with E-state index in [1.807, 2.05) is 12.1 Å². The number of ether oxygens (including phenoxy) is 1. The first-order chi connectivity index (χ1) is 11.7. The van der Waals surface area contributed by atoms with Gasteiger partial charge in [-0.2, -0.15) is 0 Å². The number of aryl methyl sites for hydroxylation is 2. The van der Waals surface area contributed by atoms with Gasteiger partial charge in [0.15, 0.2) is 0 Å². The Kier molecular flexibility index (Phi) is 3.62. The van der Waals surface area contributed by atoms with Gasteiger partial charge in [0.05, 0.1) is 13.2 Å². The average Bonchev–Trinajstić information content (AvgIpc) is 3.00. The van der Waals surface area contributed by atoms with Crippen molar-refractivity contribution in [3.63, 3.8) is 0 Å². The van der Waals surface area contributed by atoms with E-state index >= 15 is 0 Å². The molecule has 0 unspecified atom stereocenters. The summed E-state index contributed by atoms with van der Waals surface area (Å²) in [5.41, 5.74) is 6.01. The maximum atomic E-state index is 5.28. The van der Waals surface area contributed by atoms with Crippen LogP contribution < -0.4 is 10.1 Å². The van der Waals surface area contributed by atoms with Crippen molar-refractivity contribution in [3.8, 4) is 11.6 Å². The van der Waals surface area contributed by atoms with E-state index < -0.39 is 0 Å². The van der Waals surface area contributed by atoms with Gasteiger partial charge >= 0.3 is 0 Å². The molecule has 0 amide bonds. The molecular formula is C20H21N3O. The second-order valence-corrected chi connectivity index (χ2v) is 6.27. The summed E-state index contributed by atoms with van der Waals surface area (Å²) in [6.07, 6.45) is 2.10. The van der Waals surface area contributed by atoms with E-state index in [1.165, 1.54) is 22.4 Å². The number of nitrogens with one attached hydrogen (secondary N) is 1. The topological polar surface area (TPSA) is 39.1 Å². The third-order valence-electron chi connectivity index (χ3n) is 4.69. The zero-order valence-electron chi connectivity index (χ0n) is 14.2. The molecule has 2 aromatic heterocycles. The summed E-state index contributed by atoms with van der Waals surface area (Å²) in [5, 5.41) is 3.69. The maximum absolute atomic E-state index is 5.28. The molecule has 24 heavy (non-hydrogen) atoms. The normalized spacial score (nSPS) is 16.2. The van der Waals surface area contributed by atoms with E-state index in [2.05, 4.69) is 60.3 Å². The highest BCUT2D eigenvalue weighted by atomic mass is 16.5. The molecule has 0 saturated carbocycles. The summed E-state index contributed by atoms with van der Waals surface area (Å²) < 4.78 is 7.49. The number of hydrogen-bond donors (Lipinski definition) is 1. The molecule has 0 aliphatic carbocycles. The lowest BCUT2D eigenvalue weighted by Crippen LogP contribution is -2.21. The lowest BCUT2D eigenvalue weighted by Gasteiger charge is -2.18. The molecule has 4 heteroatoms. The van der Waals surface area contributed by atoms with E-state index in [-0.39, 0.29) is 6.04 Å². The van der Waals surface area contributed by atoms with Crippen molar-refractivity contribution < 1.29 is 4.74 Å². The number of benzene rings is 1. The van der Waals surface area contributed by atoms with Crippen molar-refractivity contribution in [1.82, 2.24) is 14.9 Å². The second kappa shape index (κ2) is 5.80. The maximum Gasteiger partial charge on any atom is 0.141 e. The fraction of sp³-hybridized carbons (Fsp3) is 0.250. The SMILES string of the molecule is COc1ccc([C@H]2NCc3c(C)cc(C)nc3-n3cccc32)cc1. The van der Waals surface area contributed by atoms with Crippen LogP contribution in [0.25, 0.3) is 5.82 Å². The first-order valence-corrected chi connectivity index (χ1v) is 8.19. The van der Waals surface area contributed by atoms with Gasteiger partial charge in [-0.3, -0.25) is 0 Å². The molecule has 0 fully saturated rings. The number of aromatic nitrogens is 2. The highest BCUT2D eigenvalue weighted by Crippen LogP contribution is 2.31. The highest BCUT2D eigenvalue weighted by molar-refractivity contribution is 5.46. The van der Waals surface area contributed by atoms with Gasteiger partial charge in [0.25, 0.3) is 0 Å². The summed E-state index contributed by atoms with van der Waals surface area (Å²) in [6, 6.07) is 14.8. The van der Waals surface area contributed by atoms with Crippen molar-refractivity contribution in [2.45, 2.75) is 26.4 Å². The zero-order chi connectivity index (χ0) is 16.7. The molecule has 1 atom stereocenters. The molecule has 3 heterocycles. The molecule has 122 valence electrons. The minimum atomic E-state index is 0.125. The third kappa shape index (κ3) is 2.39. The number of pyridine rings is 1. The van der Waals surface area contributed by atoms with Gasteiger partial charge < -0.3 is 14.6 Å². The predicted molar refractivity (Wildman–Crippen MR) is 94.7 cm³/mol. The van der Waals surface area contributed by atoms with Gasteiger partial charge in [0.1, 0.15) is 11.6 Å². The van der Waals surface area contributed by atoms with E-state index in [4.69, 9.17) is 9.72 Å². The number of rotatable bonds is 2. The van der Waals surface area contributed by atoms with Gasteiger partial charge in [-0.25, -0.2) is 4.98 Å². The Morgan fingerprint density at radius 2 is 1.96 bits per heavy atom. The summed E-state index contributed by atoms with van der Waals surface area (Å²) >= 11 is 0. The van der Waals surface area contributed by atoms with E-state index in [1.54, 1.807) is 7.11 Å². The first kappa shape index (κ1) is 15.0. The van der Waals surface area contributed by atoms with Gasteiger partial charge in [-0.1, -0.05) is 12.1 Å². The van der Waals surface area contributed by atoms with E-state index in [9.17, 15) is 0 Å². The molecule has 4 nitrogen and oxygen atoms in total. The summed E-state index contributed by atoms with van der Waals surface area (Å²) in [4.78, 5) is 4.81. The Balaban J connectivity index is 1.83. The molecule has 0 spiro atoms. The average molecular weight is 319 g/mol. The largest absolute Gasteiger partial charge is 0.497 e. The van der Waals surface area contributed by atoms with Gasteiger partial charge in [0, 0.05) is 29.7 Å². The molecule has 0 radical (unpaired) electrons. The number of hydrogen-bond acceptors (Lipinski definition) is 3.